The molecule has 2 aliphatic rings. The van der Waals surface area contributed by atoms with E-state index in [4.69, 9.17) is 13.9 Å². The zero-order valence-electron chi connectivity index (χ0n) is 15.7. The summed E-state index contributed by atoms with van der Waals surface area (Å²) in [7, 11) is 0. The first kappa shape index (κ1) is 18.1. The van der Waals surface area contributed by atoms with Gasteiger partial charge in [-0.25, -0.2) is 0 Å². The highest BCUT2D eigenvalue weighted by atomic mass is 16.5. The minimum atomic E-state index is 0.0821. The number of hydrogen-bond acceptors (Lipinski definition) is 5. The molecule has 1 aromatic heterocycles. The fourth-order valence-corrected chi connectivity index (χ4v) is 3.66. The predicted octanol–water partition coefficient (Wildman–Crippen LogP) is 3.18. The van der Waals surface area contributed by atoms with Crippen molar-refractivity contribution in [1.29, 1.82) is 0 Å². The van der Waals surface area contributed by atoms with Crippen LogP contribution in [-0.4, -0.2) is 43.7 Å². The molecule has 0 unspecified atom stereocenters. The number of nitrogens with zero attached hydrogens (tertiary/aromatic N) is 1. The molecule has 144 valence electrons. The summed E-state index contributed by atoms with van der Waals surface area (Å²) in [5.74, 6) is 2.91. The normalized spacial score (nSPS) is 20.2. The molecular formula is C21H26N2O4. The van der Waals surface area contributed by atoms with Gasteiger partial charge in [-0.05, 0) is 42.3 Å². The van der Waals surface area contributed by atoms with Crippen LogP contribution in [0.1, 0.15) is 36.5 Å². The fourth-order valence-electron chi connectivity index (χ4n) is 3.66. The lowest BCUT2D eigenvalue weighted by Crippen LogP contribution is -2.41. The van der Waals surface area contributed by atoms with Crippen molar-refractivity contribution in [2.24, 2.45) is 0 Å². The molecule has 3 heterocycles. The Morgan fingerprint density at radius 3 is 3.04 bits per heavy atom. The highest BCUT2D eigenvalue weighted by molar-refractivity contribution is 5.93. The molecule has 0 saturated carbocycles. The minimum absolute atomic E-state index is 0.0821. The van der Waals surface area contributed by atoms with Crippen LogP contribution in [0.15, 0.2) is 34.7 Å². The van der Waals surface area contributed by atoms with Crippen LogP contribution in [0.2, 0.25) is 0 Å². The van der Waals surface area contributed by atoms with Crippen molar-refractivity contribution < 1.29 is 18.7 Å². The van der Waals surface area contributed by atoms with Crippen molar-refractivity contribution in [2.45, 2.75) is 32.2 Å². The molecule has 1 aromatic carbocycles. The van der Waals surface area contributed by atoms with Gasteiger partial charge in [0.1, 0.15) is 23.9 Å². The maximum absolute atomic E-state index is 11.5. The van der Waals surface area contributed by atoms with E-state index in [0.717, 1.165) is 61.1 Å². The molecular weight excluding hydrogens is 344 g/mol. The van der Waals surface area contributed by atoms with Gasteiger partial charge < -0.3 is 19.2 Å². The number of carbonyl (C=O) groups excluding carboxylic acids is 1. The Balaban J connectivity index is 1.35. The van der Waals surface area contributed by atoms with Gasteiger partial charge in [-0.2, -0.15) is 0 Å². The third kappa shape index (κ3) is 4.17. The third-order valence-electron chi connectivity index (χ3n) is 5.22. The van der Waals surface area contributed by atoms with Crippen LogP contribution >= 0.6 is 0 Å². The van der Waals surface area contributed by atoms with Crippen molar-refractivity contribution in [3.8, 4) is 5.75 Å². The number of hydrogen-bond donors (Lipinski definition) is 1. The van der Waals surface area contributed by atoms with E-state index in [0.29, 0.717) is 19.6 Å². The molecule has 6 heteroatoms. The maximum Gasteiger partial charge on any atom is 0.224 e. The van der Waals surface area contributed by atoms with Crippen LogP contribution in [0, 0.1) is 0 Å². The highest BCUT2D eigenvalue weighted by Gasteiger charge is 2.27. The summed E-state index contributed by atoms with van der Waals surface area (Å²) in [5, 5.41) is 2.90. The van der Waals surface area contributed by atoms with Gasteiger partial charge >= 0.3 is 0 Å². The lowest BCUT2D eigenvalue weighted by molar-refractivity contribution is -0.116. The number of ether oxygens (including phenoxy) is 2. The smallest absolute Gasteiger partial charge is 0.224 e. The summed E-state index contributed by atoms with van der Waals surface area (Å²) in [6, 6.07) is 10.1. The number of fused-ring (bicyclic) bond motifs is 1. The number of aryl methyl sites for hydroxylation is 2. The first-order valence-corrected chi connectivity index (χ1v) is 9.69. The van der Waals surface area contributed by atoms with Crippen molar-refractivity contribution in [2.75, 3.05) is 38.2 Å². The largest absolute Gasteiger partial charge is 0.492 e. The number of furan rings is 1. The average Bonchev–Trinajstić information content (AvgIpc) is 3.17. The van der Waals surface area contributed by atoms with Gasteiger partial charge in [-0.15, -0.1) is 0 Å². The van der Waals surface area contributed by atoms with Gasteiger partial charge in [0.15, 0.2) is 0 Å². The number of amides is 1. The first-order valence-electron chi connectivity index (χ1n) is 9.69. The van der Waals surface area contributed by atoms with Crippen LogP contribution in [0.5, 0.6) is 5.75 Å². The zero-order valence-corrected chi connectivity index (χ0v) is 15.7. The summed E-state index contributed by atoms with van der Waals surface area (Å²) < 4.78 is 17.6. The Hall–Kier alpha value is -2.31. The SMILES string of the molecule is CCc1ccc([C@@H]2COCCN2CCOc2ccc3c(c2)CCC(=O)N3)o1. The van der Waals surface area contributed by atoms with Crippen LogP contribution in [0.4, 0.5) is 5.69 Å². The van der Waals surface area contributed by atoms with Gasteiger partial charge in [0.25, 0.3) is 0 Å². The van der Waals surface area contributed by atoms with E-state index in [2.05, 4.69) is 23.2 Å². The molecule has 27 heavy (non-hydrogen) atoms. The second-order valence-electron chi connectivity index (χ2n) is 7.00. The van der Waals surface area contributed by atoms with Gasteiger partial charge in [0.2, 0.25) is 5.91 Å². The molecule has 4 rings (SSSR count). The number of rotatable bonds is 6. The average molecular weight is 370 g/mol. The van der Waals surface area contributed by atoms with E-state index in [1.54, 1.807) is 0 Å². The quantitative estimate of drug-likeness (QED) is 0.846. The number of morpholine rings is 1. The third-order valence-corrected chi connectivity index (χ3v) is 5.22. The molecule has 2 aromatic rings. The van der Waals surface area contributed by atoms with Gasteiger partial charge in [-0.1, -0.05) is 6.92 Å². The summed E-state index contributed by atoms with van der Waals surface area (Å²) in [4.78, 5) is 13.8. The van der Waals surface area contributed by atoms with Gasteiger partial charge in [0.05, 0.1) is 19.3 Å². The zero-order chi connectivity index (χ0) is 18.6. The van der Waals surface area contributed by atoms with E-state index >= 15 is 0 Å². The first-order chi connectivity index (χ1) is 13.2. The Labute approximate surface area is 159 Å². The maximum atomic E-state index is 11.5. The Bertz CT molecular complexity index is 801. The van der Waals surface area contributed by atoms with E-state index in [-0.39, 0.29) is 11.9 Å². The second kappa shape index (κ2) is 8.15. The fraction of sp³-hybridized carbons (Fsp3) is 0.476. The topological polar surface area (TPSA) is 63.9 Å². The molecule has 1 amide bonds. The van der Waals surface area contributed by atoms with Crippen LogP contribution in [0.25, 0.3) is 0 Å². The Morgan fingerprint density at radius 1 is 1.26 bits per heavy atom. The monoisotopic (exact) mass is 370 g/mol. The summed E-state index contributed by atoms with van der Waals surface area (Å²) in [6.07, 6.45) is 2.20. The summed E-state index contributed by atoms with van der Waals surface area (Å²) in [5.41, 5.74) is 2.04. The molecule has 0 radical (unpaired) electrons. The Morgan fingerprint density at radius 2 is 2.19 bits per heavy atom. The van der Waals surface area contributed by atoms with Crippen molar-refractivity contribution in [1.82, 2.24) is 4.90 Å². The number of nitrogens with one attached hydrogen (secondary N) is 1. The molecule has 0 bridgehead atoms. The van der Waals surface area contributed by atoms with Crippen LogP contribution in [0.3, 0.4) is 0 Å². The molecule has 0 aliphatic carbocycles. The van der Waals surface area contributed by atoms with Crippen molar-refractivity contribution in [3.63, 3.8) is 0 Å². The molecule has 1 N–H and O–H groups in total. The van der Waals surface area contributed by atoms with Crippen LogP contribution in [-0.2, 0) is 22.4 Å². The van der Waals surface area contributed by atoms with Crippen molar-refractivity contribution >= 4 is 11.6 Å². The molecule has 1 fully saturated rings. The van der Waals surface area contributed by atoms with Crippen LogP contribution < -0.4 is 10.1 Å². The van der Waals surface area contributed by atoms with E-state index in [1.165, 1.54) is 0 Å². The molecule has 1 atom stereocenters. The minimum Gasteiger partial charge on any atom is -0.492 e. The molecule has 2 aliphatic heterocycles. The second-order valence-corrected chi connectivity index (χ2v) is 7.00. The predicted molar refractivity (Wildman–Crippen MR) is 102 cm³/mol. The van der Waals surface area contributed by atoms with E-state index in [1.807, 2.05) is 24.3 Å². The lowest BCUT2D eigenvalue weighted by Gasteiger charge is -2.34. The molecule has 1 saturated heterocycles. The molecule has 6 nitrogen and oxygen atoms in total. The number of carbonyl (C=O) groups is 1. The molecule has 0 spiro atoms. The standard InChI is InChI=1S/C21H26N2O4/c1-2-16-5-7-20(27-16)19-14-25-11-9-23(19)10-12-26-17-4-6-18-15(13-17)3-8-21(24)22-18/h4-7,13,19H,2-3,8-12,14H2,1H3,(H,22,24)/t19-/m0/s1. The van der Waals surface area contributed by atoms with Gasteiger partial charge in [0, 0.05) is 31.6 Å². The summed E-state index contributed by atoms with van der Waals surface area (Å²) in [6.45, 7) is 5.75. The number of anilines is 1. The lowest BCUT2D eigenvalue weighted by atomic mass is 10.0. The Kier molecular flexibility index (Phi) is 5.45. The van der Waals surface area contributed by atoms with Crippen molar-refractivity contribution in [3.05, 3.63) is 47.4 Å². The number of benzene rings is 1. The van der Waals surface area contributed by atoms with E-state index < -0.39 is 0 Å². The summed E-state index contributed by atoms with van der Waals surface area (Å²) >= 11 is 0. The highest BCUT2D eigenvalue weighted by Crippen LogP contribution is 2.28. The van der Waals surface area contributed by atoms with Gasteiger partial charge in [-0.3, -0.25) is 9.69 Å². The van der Waals surface area contributed by atoms with E-state index in [9.17, 15) is 4.79 Å².